The van der Waals surface area contributed by atoms with Gasteiger partial charge < -0.3 is 19.9 Å². The lowest BCUT2D eigenvalue weighted by Gasteiger charge is -2.15. The second-order valence-corrected chi connectivity index (χ2v) is 10.1. The number of hydrogen-bond donors (Lipinski definition) is 2. The predicted octanol–water partition coefficient (Wildman–Crippen LogP) is 5.58. The fraction of sp³-hybridized carbons (Fsp3) is 0.143. The number of amides is 2. The third-order valence-electron chi connectivity index (χ3n) is 5.91. The summed E-state index contributed by atoms with van der Waals surface area (Å²) in [5.74, 6) is -3.27. The molecule has 8 nitrogen and oxygen atoms in total. The molecule has 0 atom stereocenters. The number of hydrogen-bond acceptors (Lipinski definition) is 7. The standard InChI is InChI=1S/C28H22F2N2O6S2/c1-37-22-8-3-15(11-18(22)16-4-6-19(29)20(30)13-16)12-24-26(34)32(28(39)40-24)10-9-25(33)31-21-7-5-17(27(35)36)14-23(21)38-2/h3-8,11-14H,9-10H2,1-2H3,(H,31,33)(H,35,36). The van der Waals surface area contributed by atoms with E-state index in [1.165, 1.54) is 43.4 Å². The first-order valence-electron chi connectivity index (χ1n) is 11.7. The normalized spacial score (nSPS) is 14.0. The van der Waals surface area contributed by atoms with E-state index in [1.54, 1.807) is 24.3 Å². The summed E-state index contributed by atoms with van der Waals surface area (Å²) in [4.78, 5) is 38.5. The molecule has 4 rings (SSSR count). The van der Waals surface area contributed by atoms with Crippen molar-refractivity contribution in [1.82, 2.24) is 4.90 Å². The van der Waals surface area contributed by atoms with Crippen molar-refractivity contribution in [3.05, 3.63) is 82.3 Å². The average molecular weight is 585 g/mol. The van der Waals surface area contributed by atoms with E-state index in [0.717, 1.165) is 23.9 Å². The van der Waals surface area contributed by atoms with E-state index >= 15 is 0 Å². The number of rotatable bonds is 9. The Hall–Kier alpha value is -4.29. The third kappa shape index (κ3) is 6.29. The summed E-state index contributed by atoms with van der Waals surface area (Å²) in [5, 5.41) is 11.8. The topological polar surface area (TPSA) is 105 Å². The number of benzene rings is 3. The summed E-state index contributed by atoms with van der Waals surface area (Å²) in [6.07, 6.45) is 1.55. The maximum Gasteiger partial charge on any atom is 0.335 e. The number of carbonyl (C=O) groups excluding carboxylic acids is 2. The number of carbonyl (C=O) groups is 3. The Kier molecular flexibility index (Phi) is 8.80. The predicted molar refractivity (Wildman–Crippen MR) is 151 cm³/mol. The van der Waals surface area contributed by atoms with Gasteiger partial charge in [-0.2, -0.15) is 0 Å². The number of aromatic carboxylic acids is 1. The number of ether oxygens (including phenoxy) is 2. The number of halogens is 2. The van der Waals surface area contributed by atoms with Crippen LogP contribution in [-0.2, 0) is 9.59 Å². The molecule has 3 aromatic rings. The van der Waals surface area contributed by atoms with E-state index in [4.69, 9.17) is 26.8 Å². The summed E-state index contributed by atoms with van der Waals surface area (Å²) in [5.41, 5.74) is 1.82. The van der Waals surface area contributed by atoms with Gasteiger partial charge in [0, 0.05) is 18.5 Å². The Bertz CT molecular complexity index is 1560. The molecule has 2 N–H and O–H groups in total. The Balaban J connectivity index is 1.46. The molecule has 2 amide bonds. The quantitative estimate of drug-likeness (QED) is 0.248. The number of anilines is 1. The number of carboxylic acid groups (broad SMARTS) is 1. The number of nitrogens with zero attached hydrogens (tertiary/aromatic N) is 1. The van der Waals surface area contributed by atoms with Crippen molar-refractivity contribution >= 4 is 57.8 Å². The SMILES string of the molecule is COc1cc(C(=O)O)ccc1NC(=O)CCN1C(=O)C(=Cc2ccc(OC)c(-c3ccc(F)c(F)c3)c2)SC1=S. The first-order valence-corrected chi connectivity index (χ1v) is 12.9. The minimum Gasteiger partial charge on any atom is -0.496 e. The van der Waals surface area contributed by atoms with Crippen LogP contribution in [0.2, 0.25) is 0 Å². The molecule has 1 fully saturated rings. The Morgan fingerprint density at radius 2 is 1.77 bits per heavy atom. The Morgan fingerprint density at radius 1 is 1.02 bits per heavy atom. The molecule has 40 heavy (non-hydrogen) atoms. The molecular weight excluding hydrogens is 562 g/mol. The van der Waals surface area contributed by atoms with Crippen molar-refractivity contribution in [1.29, 1.82) is 0 Å². The molecule has 0 bridgehead atoms. The highest BCUT2D eigenvalue weighted by Gasteiger charge is 2.32. The first kappa shape index (κ1) is 28.7. The van der Waals surface area contributed by atoms with Gasteiger partial charge in [-0.25, -0.2) is 13.6 Å². The van der Waals surface area contributed by atoms with Gasteiger partial charge in [0.05, 0.1) is 30.4 Å². The van der Waals surface area contributed by atoms with E-state index in [9.17, 15) is 23.2 Å². The van der Waals surface area contributed by atoms with Crippen LogP contribution in [0.1, 0.15) is 22.3 Å². The Labute approximate surface area is 237 Å². The van der Waals surface area contributed by atoms with Crippen LogP contribution in [0.25, 0.3) is 17.2 Å². The van der Waals surface area contributed by atoms with Crippen molar-refractivity contribution in [2.24, 2.45) is 0 Å². The van der Waals surface area contributed by atoms with Crippen molar-refractivity contribution in [3.63, 3.8) is 0 Å². The number of methoxy groups -OCH3 is 2. The van der Waals surface area contributed by atoms with E-state index in [2.05, 4.69) is 5.32 Å². The minimum atomic E-state index is -1.13. The average Bonchev–Trinajstić information content (AvgIpc) is 3.20. The molecule has 1 heterocycles. The van der Waals surface area contributed by atoms with E-state index in [1.807, 2.05) is 0 Å². The van der Waals surface area contributed by atoms with Crippen LogP contribution < -0.4 is 14.8 Å². The molecule has 1 saturated heterocycles. The van der Waals surface area contributed by atoms with Crippen LogP contribution in [0, 0.1) is 11.6 Å². The molecule has 206 valence electrons. The van der Waals surface area contributed by atoms with Gasteiger partial charge in [-0.1, -0.05) is 36.1 Å². The van der Waals surface area contributed by atoms with Crippen LogP contribution in [-0.4, -0.2) is 52.9 Å². The zero-order valence-electron chi connectivity index (χ0n) is 21.2. The third-order valence-corrected chi connectivity index (χ3v) is 7.29. The highest BCUT2D eigenvalue weighted by Crippen LogP contribution is 2.36. The van der Waals surface area contributed by atoms with Gasteiger partial charge in [-0.05, 0) is 59.7 Å². The fourth-order valence-corrected chi connectivity index (χ4v) is 5.21. The molecule has 0 spiro atoms. The van der Waals surface area contributed by atoms with Crippen LogP contribution in [0.4, 0.5) is 14.5 Å². The van der Waals surface area contributed by atoms with E-state index < -0.39 is 23.5 Å². The van der Waals surface area contributed by atoms with Gasteiger partial charge in [0.25, 0.3) is 5.91 Å². The van der Waals surface area contributed by atoms with Crippen LogP contribution in [0.3, 0.4) is 0 Å². The summed E-state index contributed by atoms with van der Waals surface area (Å²) < 4.78 is 38.1. The summed E-state index contributed by atoms with van der Waals surface area (Å²) >= 11 is 6.44. The minimum absolute atomic E-state index is 0.00742. The van der Waals surface area contributed by atoms with Gasteiger partial charge in [0.2, 0.25) is 5.91 Å². The summed E-state index contributed by atoms with van der Waals surface area (Å²) in [6, 6.07) is 12.6. The van der Waals surface area contributed by atoms with Crippen LogP contribution >= 0.6 is 24.0 Å². The van der Waals surface area contributed by atoms with E-state index in [0.29, 0.717) is 33.0 Å². The lowest BCUT2D eigenvalue weighted by Crippen LogP contribution is -2.31. The molecule has 1 aliphatic rings. The molecule has 0 saturated carbocycles. The molecule has 12 heteroatoms. The summed E-state index contributed by atoms with van der Waals surface area (Å²) in [7, 11) is 2.81. The van der Waals surface area contributed by atoms with Crippen molar-refractivity contribution in [2.45, 2.75) is 6.42 Å². The molecule has 0 radical (unpaired) electrons. The van der Waals surface area contributed by atoms with Crippen LogP contribution in [0.5, 0.6) is 11.5 Å². The molecule has 0 aromatic heterocycles. The Morgan fingerprint density at radius 3 is 2.45 bits per heavy atom. The molecule has 1 aliphatic heterocycles. The smallest absolute Gasteiger partial charge is 0.335 e. The van der Waals surface area contributed by atoms with Gasteiger partial charge >= 0.3 is 5.97 Å². The van der Waals surface area contributed by atoms with Crippen LogP contribution in [0.15, 0.2) is 59.5 Å². The van der Waals surface area contributed by atoms with Crippen molar-refractivity contribution in [2.75, 3.05) is 26.1 Å². The van der Waals surface area contributed by atoms with Gasteiger partial charge in [-0.15, -0.1) is 0 Å². The zero-order valence-corrected chi connectivity index (χ0v) is 22.8. The van der Waals surface area contributed by atoms with E-state index in [-0.39, 0.29) is 34.5 Å². The van der Waals surface area contributed by atoms with Crippen molar-refractivity contribution < 1.29 is 37.7 Å². The largest absolute Gasteiger partial charge is 0.496 e. The highest BCUT2D eigenvalue weighted by atomic mass is 32.2. The number of nitrogens with one attached hydrogen (secondary N) is 1. The molecular formula is C28H22F2N2O6S2. The number of thioether (sulfide) groups is 1. The van der Waals surface area contributed by atoms with Gasteiger partial charge in [0.1, 0.15) is 15.8 Å². The van der Waals surface area contributed by atoms with Gasteiger partial charge in [-0.3, -0.25) is 14.5 Å². The first-order chi connectivity index (χ1) is 19.1. The lowest BCUT2D eigenvalue weighted by atomic mass is 10.0. The monoisotopic (exact) mass is 584 g/mol. The van der Waals surface area contributed by atoms with Crippen molar-refractivity contribution in [3.8, 4) is 22.6 Å². The molecule has 3 aromatic carbocycles. The summed E-state index contributed by atoms with van der Waals surface area (Å²) in [6.45, 7) is 0.0199. The highest BCUT2D eigenvalue weighted by molar-refractivity contribution is 8.26. The second kappa shape index (κ2) is 12.3. The molecule has 0 aliphatic carbocycles. The zero-order chi connectivity index (χ0) is 29.0. The lowest BCUT2D eigenvalue weighted by molar-refractivity contribution is -0.122. The number of carboxylic acids is 1. The second-order valence-electron chi connectivity index (χ2n) is 8.44. The van der Waals surface area contributed by atoms with Gasteiger partial charge in [0.15, 0.2) is 11.6 Å². The fourth-order valence-electron chi connectivity index (χ4n) is 3.90. The maximum absolute atomic E-state index is 13.8. The molecule has 0 unspecified atom stereocenters. The maximum atomic E-state index is 13.8. The number of thiocarbonyl (C=S) groups is 1.